The minimum Gasteiger partial charge on any atom is -0.399 e. The standard InChI is InChI=1S/C14H13N3OS/c1-9-7-19-13-12(9)16-8-17(14(13)18)6-10-2-4-11(15)5-3-10/h2-5,7-8H,6,15H2,1H3. The van der Waals surface area contributed by atoms with Crippen LogP contribution in [0.25, 0.3) is 10.2 Å². The Kier molecular flexibility index (Phi) is 2.83. The molecule has 0 radical (unpaired) electrons. The fourth-order valence-electron chi connectivity index (χ4n) is 1.99. The summed E-state index contributed by atoms with van der Waals surface area (Å²) < 4.78 is 2.35. The monoisotopic (exact) mass is 271 g/mol. The van der Waals surface area contributed by atoms with Crippen LogP contribution in [0.5, 0.6) is 0 Å². The van der Waals surface area contributed by atoms with Crippen molar-refractivity contribution >= 4 is 27.2 Å². The summed E-state index contributed by atoms with van der Waals surface area (Å²) in [4.78, 5) is 16.7. The third-order valence-corrected chi connectivity index (χ3v) is 4.13. The third kappa shape index (κ3) is 2.13. The summed E-state index contributed by atoms with van der Waals surface area (Å²) in [5.74, 6) is 0. The number of anilines is 1. The van der Waals surface area contributed by atoms with Crippen LogP contribution in [0.1, 0.15) is 11.1 Å². The lowest BCUT2D eigenvalue weighted by Gasteiger charge is -2.05. The highest BCUT2D eigenvalue weighted by molar-refractivity contribution is 7.17. The Morgan fingerprint density at radius 1 is 1.32 bits per heavy atom. The molecule has 0 unspecified atom stereocenters. The molecular weight excluding hydrogens is 258 g/mol. The van der Waals surface area contributed by atoms with Crippen LogP contribution in [0.3, 0.4) is 0 Å². The van der Waals surface area contributed by atoms with Crippen molar-refractivity contribution in [1.82, 2.24) is 9.55 Å². The molecule has 2 aromatic heterocycles. The van der Waals surface area contributed by atoms with Crippen molar-refractivity contribution in [2.75, 3.05) is 5.73 Å². The first-order valence-corrected chi connectivity index (χ1v) is 6.81. The Balaban J connectivity index is 2.04. The molecule has 96 valence electrons. The molecule has 0 aliphatic heterocycles. The van der Waals surface area contributed by atoms with E-state index in [2.05, 4.69) is 4.98 Å². The SMILES string of the molecule is Cc1csc2c(=O)n(Cc3ccc(N)cc3)cnc12. The molecule has 0 amide bonds. The van der Waals surface area contributed by atoms with Crippen LogP contribution >= 0.6 is 11.3 Å². The second-order valence-corrected chi connectivity index (χ2v) is 5.40. The Labute approximate surface area is 114 Å². The molecule has 2 N–H and O–H groups in total. The van der Waals surface area contributed by atoms with E-state index in [1.807, 2.05) is 36.6 Å². The summed E-state index contributed by atoms with van der Waals surface area (Å²) in [5.41, 5.74) is 9.28. The van der Waals surface area contributed by atoms with E-state index in [0.29, 0.717) is 6.54 Å². The lowest BCUT2D eigenvalue weighted by molar-refractivity contribution is 0.750. The van der Waals surface area contributed by atoms with Gasteiger partial charge in [0.25, 0.3) is 5.56 Å². The molecule has 3 aromatic rings. The molecule has 0 atom stereocenters. The second kappa shape index (κ2) is 4.51. The van der Waals surface area contributed by atoms with Crippen LogP contribution in [0.15, 0.2) is 40.8 Å². The highest BCUT2D eigenvalue weighted by Gasteiger charge is 2.08. The molecule has 0 saturated heterocycles. The number of hydrogen-bond acceptors (Lipinski definition) is 4. The highest BCUT2D eigenvalue weighted by atomic mass is 32.1. The molecular formula is C14H13N3OS. The molecule has 0 saturated carbocycles. The van der Waals surface area contributed by atoms with Crippen molar-refractivity contribution in [2.24, 2.45) is 0 Å². The molecule has 1 aromatic carbocycles. The van der Waals surface area contributed by atoms with Crippen LogP contribution in [-0.4, -0.2) is 9.55 Å². The van der Waals surface area contributed by atoms with Crippen molar-refractivity contribution in [1.29, 1.82) is 0 Å². The minimum atomic E-state index is 0.0138. The van der Waals surface area contributed by atoms with Crippen molar-refractivity contribution in [3.05, 3.63) is 57.5 Å². The van der Waals surface area contributed by atoms with Crippen LogP contribution in [0, 0.1) is 6.92 Å². The molecule has 0 aliphatic rings. The van der Waals surface area contributed by atoms with E-state index >= 15 is 0 Å². The molecule has 4 nitrogen and oxygen atoms in total. The van der Waals surface area contributed by atoms with Gasteiger partial charge in [0.2, 0.25) is 0 Å². The number of fused-ring (bicyclic) bond motifs is 1. The zero-order valence-corrected chi connectivity index (χ0v) is 11.3. The molecule has 5 heteroatoms. The summed E-state index contributed by atoms with van der Waals surface area (Å²) in [5, 5.41) is 1.96. The van der Waals surface area contributed by atoms with Gasteiger partial charge >= 0.3 is 0 Å². The fraction of sp³-hybridized carbons (Fsp3) is 0.143. The first kappa shape index (κ1) is 11.9. The Morgan fingerprint density at radius 3 is 2.79 bits per heavy atom. The predicted molar refractivity (Wildman–Crippen MR) is 78.6 cm³/mol. The Bertz CT molecular complexity index is 787. The van der Waals surface area contributed by atoms with Gasteiger partial charge in [0.05, 0.1) is 18.4 Å². The lowest BCUT2D eigenvalue weighted by Crippen LogP contribution is -2.20. The van der Waals surface area contributed by atoms with E-state index < -0.39 is 0 Å². The number of hydrogen-bond donors (Lipinski definition) is 1. The van der Waals surface area contributed by atoms with Gasteiger partial charge in [-0.25, -0.2) is 4.98 Å². The van der Waals surface area contributed by atoms with Crippen LogP contribution in [0.4, 0.5) is 5.69 Å². The van der Waals surface area contributed by atoms with Crippen LogP contribution in [-0.2, 0) is 6.54 Å². The molecule has 19 heavy (non-hydrogen) atoms. The van der Waals surface area contributed by atoms with E-state index in [1.54, 1.807) is 10.9 Å². The number of aromatic nitrogens is 2. The van der Waals surface area contributed by atoms with E-state index in [9.17, 15) is 4.79 Å². The largest absolute Gasteiger partial charge is 0.399 e. The van der Waals surface area contributed by atoms with Gasteiger partial charge in [-0.15, -0.1) is 11.3 Å². The van der Waals surface area contributed by atoms with Crippen molar-refractivity contribution in [3.8, 4) is 0 Å². The zero-order valence-electron chi connectivity index (χ0n) is 10.5. The molecule has 0 fully saturated rings. The maximum Gasteiger partial charge on any atom is 0.271 e. The first-order chi connectivity index (χ1) is 9.15. The zero-order chi connectivity index (χ0) is 13.4. The highest BCUT2D eigenvalue weighted by Crippen LogP contribution is 2.19. The predicted octanol–water partition coefficient (Wildman–Crippen LogP) is 2.40. The maximum absolute atomic E-state index is 12.3. The molecule has 0 bridgehead atoms. The van der Waals surface area contributed by atoms with Gasteiger partial charge in [0, 0.05) is 5.69 Å². The topological polar surface area (TPSA) is 60.9 Å². The quantitative estimate of drug-likeness (QED) is 0.728. The van der Waals surface area contributed by atoms with E-state index in [0.717, 1.165) is 27.0 Å². The van der Waals surface area contributed by atoms with Gasteiger partial charge < -0.3 is 5.73 Å². The number of nitrogens with two attached hydrogens (primary N) is 1. The number of rotatable bonds is 2. The number of thiophene rings is 1. The fourth-order valence-corrected chi connectivity index (χ4v) is 2.94. The van der Waals surface area contributed by atoms with Gasteiger partial charge in [-0.3, -0.25) is 9.36 Å². The first-order valence-electron chi connectivity index (χ1n) is 5.93. The van der Waals surface area contributed by atoms with Gasteiger partial charge in [-0.2, -0.15) is 0 Å². The van der Waals surface area contributed by atoms with Crippen LogP contribution in [0.2, 0.25) is 0 Å². The third-order valence-electron chi connectivity index (χ3n) is 3.06. The van der Waals surface area contributed by atoms with E-state index in [-0.39, 0.29) is 5.56 Å². The molecule has 3 rings (SSSR count). The minimum absolute atomic E-state index is 0.0138. The smallest absolute Gasteiger partial charge is 0.271 e. The molecule has 0 spiro atoms. The number of benzene rings is 1. The second-order valence-electron chi connectivity index (χ2n) is 4.52. The summed E-state index contributed by atoms with van der Waals surface area (Å²) in [6, 6.07) is 7.51. The summed E-state index contributed by atoms with van der Waals surface area (Å²) in [6.07, 6.45) is 1.61. The number of aryl methyl sites for hydroxylation is 1. The van der Waals surface area contributed by atoms with Crippen molar-refractivity contribution < 1.29 is 0 Å². The van der Waals surface area contributed by atoms with Gasteiger partial charge in [-0.05, 0) is 35.6 Å². The average Bonchev–Trinajstić information content (AvgIpc) is 2.78. The van der Waals surface area contributed by atoms with Gasteiger partial charge in [0.15, 0.2) is 0 Å². The maximum atomic E-state index is 12.3. The summed E-state index contributed by atoms with van der Waals surface area (Å²) >= 11 is 1.45. The van der Waals surface area contributed by atoms with Gasteiger partial charge in [0.1, 0.15) is 4.70 Å². The van der Waals surface area contributed by atoms with Crippen LogP contribution < -0.4 is 11.3 Å². The van der Waals surface area contributed by atoms with Crippen molar-refractivity contribution in [3.63, 3.8) is 0 Å². The van der Waals surface area contributed by atoms with E-state index in [1.165, 1.54) is 11.3 Å². The molecule has 2 heterocycles. The Morgan fingerprint density at radius 2 is 2.05 bits per heavy atom. The molecule has 0 aliphatic carbocycles. The average molecular weight is 271 g/mol. The van der Waals surface area contributed by atoms with Gasteiger partial charge in [-0.1, -0.05) is 12.1 Å². The van der Waals surface area contributed by atoms with E-state index in [4.69, 9.17) is 5.73 Å². The summed E-state index contributed by atoms with van der Waals surface area (Å²) in [7, 11) is 0. The number of nitrogens with zero attached hydrogens (tertiary/aromatic N) is 2. The summed E-state index contributed by atoms with van der Waals surface area (Å²) in [6.45, 7) is 2.48. The Hall–Kier alpha value is -2.14. The normalized spacial score (nSPS) is 11.0. The van der Waals surface area contributed by atoms with Crippen molar-refractivity contribution in [2.45, 2.75) is 13.5 Å². The lowest BCUT2D eigenvalue weighted by atomic mass is 10.2. The number of nitrogen functional groups attached to an aromatic ring is 1.